The molecule has 3 heteroatoms. The number of nitrogens with zero attached hydrogens (tertiary/aromatic N) is 1. The van der Waals surface area contributed by atoms with Gasteiger partial charge in [-0.25, -0.2) is 0 Å². The molecule has 0 fully saturated rings. The first-order valence-electron chi connectivity index (χ1n) is 5.55. The molecule has 0 aromatic heterocycles. The number of hydrogen-bond acceptors (Lipinski definition) is 2. The lowest BCUT2D eigenvalue weighted by molar-refractivity contribution is 1.27. The molecule has 0 atom stereocenters. The predicted molar refractivity (Wildman–Crippen MR) is 76.2 cm³/mol. The highest BCUT2D eigenvalue weighted by atomic mass is 35.5. The van der Waals surface area contributed by atoms with E-state index < -0.39 is 0 Å². The Kier molecular flexibility index (Phi) is 3.96. The van der Waals surface area contributed by atoms with Crippen LogP contribution in [-0.2, 0) is 0 Å². The molecule has 0 N–H and O–H groups in total. The zero-order chi connectivity index (χ0) is 13.1. The molecule has 2 rings (SSSR count). The van der Waals surface area contributed by atoms with Crippen molar-refractivity contribution in [2.24, 2.45) is 0 Å². The minimum Gasteiger partial charge on any atom is -0.192 e. The Hall–Kier alpha value is -1.43. The highest BCUT2D eigenvalue weighted by molar-refractivity contribution is 7.99. The molecule has 2 aromatic rings. The van der Waals surface area contributed by atoms with Crippen LogP contribution in [0.3, 0.4) is 0 Å². The third kappa shape index (κ3) is 2.87. The van der Waals surface area contributed by atoms with Crippen LogP contribution in [0, 0.1) is 25.2 Å². The van der Waals surface area contributed by atoms with Crippen LogP contribution in [0.25, 0.3) is 0 Å². The molecule has 0 bridgehead atoms. The van der Waals surface area contributed by atoms with E-state index in [1.807, 2.05) is 6.07 Å². The zero-order valence-electron chi connectivity index (χ0n) is 10.2. The standard InChI is InChI=1S/C15H12ClNS/c1-10-3-6-14(7-11(10)2)18-15-8-13(16)5-4-12(15)9-17/h3-8H,1-2H3. The molecule has 0 amide bonds. The summed E-state index contributed by atoms with van der Waals surface area (Å²) in [4.78, 5) is 2.02. The summed E-state index contributed by atoms with van der Waals surface area (Å²) in [7, 11) is 0. The van der Waals surface area contributed by atoms with Crippen LogP contribution in [0.4, 0.5) is 0 Å². The second-order valence-corrected chi connectivity index (χ2v) is 5.65. The van der Waals surface area contributed by atoms with Gasteiger partial charge >= 0.3 is 0 Å². The quantitative estimate of drug-likeness (QED) is 0.770. The predicted octanol–water partition coefficient (Wildman–Crippen LogP) is 4.98. The number of aryl methyl sites for hydroxylation is 2. The first-order valence-corrected chi connectivity index (χ1v) is 6.74. The number of halogens is 1. The van der Waals surface area contributed by atoms with E-state index in [1.54, 1.807) is 23.9 Å². The van der Waals surface area contributed by atoms with Gasteiger partial charge in [0, 0.05) is 14.8 Å². The van der Waals surface area contributed by atoms with Crippen molar-refractivity contribution >= 4 is 23.4 Å². The third-order valence-electron chi connectivity index (χ3n) is 2.77. The van der Waals surface area contributed by atoms with Crippen molar-refractivity contribution < 1.29 is 0 Å². The summed E-state index contributed by atoms with van der Waals surface area (Å²) in [5.41, 5.74) is 3.18. The van der Waals surface area contributed by atoms with Gasteiger partial charge in [0.25, 0.3) is 0 Å². The maximum Gasteiger partial charge on any atom is 0.100 e. The second kappa shape index (κ2) is 5.48. The molecule has 0 spiro atoms. The van der Waals surface area contributed by atoms with Gasteiger partial charge in [-0.2, -0.15) is 5.26 Å². The fraction of sp³-hybridized carbons (Fsp3) is 0.133. The van der Waals surface area contributed by atoms with E-state index in [1.165, 1.54) is 11.1 Å². The topological polar surface area (TPSA) is 23.8 Å². The molecular weight excluding hydrogens is 262 g/mol. The van der Waals surface area contributed by atoms with Gasteiger partial charge in [0.15, 0.2) is 0 Å². The molecule has 0 aliphatic rings. The lowest BCUT2D eigenvalue weighted by atomic mass is 10.1. The molecule has 0 saturated heterocycles. The van der Waals surface area contributed by atoms with Gasteiger partial charge in [0.2, 0.25) is 0 Å². The fourth-order valence-corrected chi connectivity index (χ4v) is 2.85. The summed E-state index contributed by atoms with van der Waals surface area (Å²) < 4.78 is 0. The SMILES string of the molecule is Cc1ccc(Sc2cc(Cl)ccc2C#N)cc1C. The molecule has 0 aliphatic heterocycles. The average Bonchev–Trinajstić information content (AvgIpc) is 2.34. The van der Waals surface area contributed by atoms with Crippen molar-refractivity contribution in [3.63, 3.8) is 0 Å². The smallest absolute Gasteiger partial charge is 0.100 e. The number of benzene rings is 2. The summed E-state index contributed by atoms with van der Waals surface area (Å²) in [5.74, 6) is 0. The monoisotopic (exact) mass is 273 g/mol. The molecule has 90 valence electrons. The Bertz CT molecular complexity index is 629. The largest absolute Gasteiger partial charge is 0.192 e. The van der Waals surface area contributed by atoms with Crippen molar-refractivity contribution in [3.8, 4) is 6.07 Å². The Morgan fingerprint density at radius 3 is 2.50 bits per heavy atom. The maximum absolute atomic E-state index is 9.08. The summed E-state index contributed by atoms with van der Waals surface area (Å²) in [5, 5.41) is 9.73. The van der Waals surface area contributed by atoms with E-state index in [-0.39, 0.29) is 0 Å². The van der Waals surface area contributed by atoms with E-state index in [2.05, 4.69) is 38.1 Å². The Morgan fingerprint density at radius 2 is 1.83 bits per heavy atom. The fourth-order valence-electron chi connectivity index (χ4n) is 1.58. The molecular formula is C15H12ClNS. The average molecular weight is 274 g/mol. The van der Waals surface area contributed by atoms with E-state index in [9.17, 15) is 0 Å². The number of nitriles is 1. The van der Waals surface area contributed by atoms with Crippen LogP contribution in [0.15, 0.2) is 46.2 Å². The lowest BCUT2D eigenvalue weighted by Gasteiger charge is -2.07. The first kappa shape index (κ1) is 13.0. The summed E-state index contributed by atoms with van der Waals surface area (Å²) >= 11 is 7.54. The molecule has 1 nitrogen and oxygen atoms in total. The molecule has 0 saturated carbocycles. The van der Waals surface area contributed by atoms with Gasteiger partial charge < -0.3 is 0 Å². The van der Waals surface area contributed by atoms with Crippen LogP contribution >= 0.6 is 23.4 Å². The molecule has 2 aromatic carbocycles. The van der Waals surface area contributed by atoms with Gasteiger partial charge in [-0.05, 0) is 55.3 Å². The summed E-state index contributed by atoms with van der Waals surface area (Å²) in [6.45, 7) is 4.17. The maximum atomic E-state index is 9.08. The lowest BCUT2D eigenvalue weighted by Crippen LogP contribution is -1.84. The molecule has 0 radical (unpaired) electrons. The minimum atomic E-state index is 0.653. The van der Waals surface area contributed by atoms with Crippen molar-refractivity contribution in [3.05, 3.63) is 58.1 Å². The van der Waals surface area contributed by atoms with Crippen molar-refractivity contribution in [2.75, 3.05) is 0 Å². The van der Waals surface area contributed by atoms with E-state index >= 15 is 0 Å². The van der Waals surface area contributed by atoms with Crippen molar-refractivity contribution in [1.82, 2.24) is 0 Å². The molecule has 18 heavy (non-hydrogen) atoms. The molecule has 0 heterocycles. The van der Waals surface area contributed by atoms with Gasteiger partial charge in [0.1, 0.15) is 6.07 Å². The Balaban J connectivity index is 2.36. The number of hydrogen-bond donors (Lipinski definition) is 0. The van der Waals surface area contributed by atoms with Crippen molar-refractivity contribution in [2.45, 2.75) is 23.6 Å². The third-order valence-corrected chi connectivity index (χ3v) is 4.05. The number of rotatable bonds is 2. The highest BCUT2D eigenvalue weighted by Gasteiger charge is 2.06. The van der Waals surface area contributed by atoms with Crippen LogP contribution < -0.4 is 0 Å². The van der Waals surface area contributed by atoms with Crippen LogP contribution in [-0.4, -0.2) is 0 Å². The van der Waals surface area contributed by atoms with Gasteiger partial charge in [0.05, 0.1) is 5.56 Å². The van der Waals surface area contributed by atoms with E-state index in [0.717, 1.165) is 9.79 Å². The molecule has 0 aliphatic carbocycles. The first-order chi connectivity index (χ1) is 8.60. The summed E-state index contributed by atoms with van der Waals surface area (Å²) in [6.07, 6.45) is 0. The minimum absolute atomic E-state index is 0.653. The second-order valence-electron chi connectivity index (χ2n) is 4.10. The van der Waals surface area contributed by atoms with Crippen LogP contribution in [0.2, 0.25) is 5.02 Å². The van der Waals surface area contributed by atoms with E-state index in [0.29, 0.717) is 10.6 Å². The Morgan fingerprint density at radius 1 is 1.06 bits per heavy atom. The van der Waals surface area contributed by atoms with Gasteiger partial charge in [-0.15, -0.1) is 0 Å². The van der Waals surface area contributed by atoms with Crippen LogP contribution in [0.5, 0.6) is 0 Å². The molecule has 0 unspecified atom stereocenters. The zero-order valence-corrected chi connectivity index (χ0v) is 11.8. The van der Waals surface area contributed by atoms with Gasteiger partial charge in [-0.3, -0.25) is 0 Å². The Labute approximate surface area is 116 Å². The normalized spacial score (nSPS) is 10.1. The van der Waals surface area contributed by atoms with Crippen molar-refractivity contribution in [1.29, 1.82) is 5.26 Å². The summed E-state index contributed by atoms with van der Waals surface area (Å²) in [6, 6.07) is 13.8. The van der Waals surface area contributed by atoms with Gasteiger partial charge in [-0.1, -0.05) is 29.4 Å². The van der Waals surface area contributed by atoms with Crippen LogP contribution in [0.1, 0.15) is 16.7 Å². The van der Waals surface area contributed by atoms with E-state index in [4.69, 9.17) is 16.9 Å². The highest BCUT2D eigenvalue weighted by Crippen LogP contribution is 2.33.